The number of carbonyl (C=O) groups is 1. The van der Waals surface area contributed by atoms with E-state index in [1.165, 1.54) is 5.39 Å². The summed E-state index contributed by atoms with van der Waals surface area (Å²) < 4.78 is 0. The van der Waals surface area contributed by atoms with Crippen molar-refractivity contribution in [1.82, 2.24) is 0 Å². The van der Waals surface area contributed by atoms with Crippen LogP contribution in [0.5, 0.6) is 0 Å². The van der Waals surface area contributed by atoms with Crippen LogP contribution in [0.1, 0.15) is 10.4 Å². The van der Waals surface area contributed by atoms with Gasteiger partial charge in [-0.05, 0) is 0 Å². The zero-order chi connectivity index (χ0) is 8.55. The Kier molecular flexibility index (Phi) is 1.75. The molecule has 1 N–H and O–H groups in total. The third kappa shape index (κ3) is 1.17. The summed E-state index contributed by atoms with van der Waals surface area (Å²) in [5, 5.41) is 10.9. The summed E-state index contributed by atoms with van der Waals surface area (Å²) in [7, 11) is 0. The van der Waals surface area contributed by atoms with Gasteiger partial charge in [-0.1, -0.05) is 0 Å². The van der Waals surface area contributed by atoms with Crippen LogP contribution in [0.15, 0.2) is 28.1 Å². The monoisotopic (exact) mass is 226 g/mol. The van der Waals surface area contributed by atoms with Crippen molar-refractivity contribution in [3.63, 3.8) is 0 Å². The van der Waals surface area contributed by atoms with Crippen LogP contribution in [-0.2, 0) is 0 Å². The Balaban J connectivity index is 2.68. The molecule has 0 saturated carbocycles. The summed E-state index contributed by atoms with van der Waals surface area (Å²) in [5.74, 6) is -0.856. The van der Waals surface area contributed by atoms with Crippen molar-refractivity contribution in [1.29, 1.82) is 0 Å². The first-order chi connectivity index (χ1) is 5.77. The van der Waals surface area contributed by atoms with E-state index in [0.717, 1.165) is 5.39 Å². The number of benzene rings is 1. The first-order valence-corrected chi connectivity index (χ1v) is 5.44. The van der Waals surface area contributed by atoms with Crippen molar-refractivity contribution in [2.45, 2.75) is 0 Å². The van der Waals surface area contributed by atoms with E-state index < -0.39 is 5.97 Å². The van der Waals surface area contributed by atoms with Crippen LogP contribution in [0.25, 0.3) is 10.8 Å². The molecule has 0 saturated heterocycles. The van der Waals surface area contributed by atoms with Crippen LogP contribution in [0.2, 0.25) is 0 Å². The zero-order valence-corrected chi connectivity index (χ0v) is 7.86. The Morgan fingerprint density at radius 3 is 2.75 bits per heavy atom. The molecule has 0 unspecified atom stereocenters. The molecule has 0 bridgehead atoms. The normalized spacial score (nSPS) is 10.3. The molecule has 1 aromatic heterocycles. The predicted molar refractivity (Wildman–Crippen MR) is 47.8 cm³/mol. The van der Waals surface area contributed by atoms with Gasteiger partial charge >= 0.3 is 74.8 Å². The summed E-state index contributed by atoms with van der Waals surface area (Å²) in [4.78, 5) is 14.8. The molecule has 2 nitrogen and oxygen atoms in total. The predicted octanol–water partition coefficient (Wildman–Crippen LogP) is 1.59. The molecule has 1 aromatic carbocycles. The van der Waals surface area contributed by atoms with Crippen LogP contribution in [0.4, 0.5) is 0 Å². The van der Waals surface area contributed by atoms with Crippen molar-refractivity contribution in [2.24, 2.45) is 0 Å². The first-order valence-electron chi connectivity index (χ1n) is 3.46. The maximum atomic E-state index is 10.6. The Hall–Kier alpha value is -1.05. The zero-order valence-electron chi connectivity index (χ0n) is 6.15. The van der Waals surface area contributed by atoms with Crippen LogP contribution < -0.4 is 0 Å². The number of carboxylic acids is 1. The second-order valence-corrected chi connectivity index (χ2v) is 4.08. The average Bonchev–Trinajstić information content (AvgIpc) is 2.49. The van der Waals surface area contributed by atoms with Crippen molar-refractivity contribution >= 4 is 31.2 Å². The van der Waals surface area contributed by atoms with E-state index in [1.54, 1.807) is 12.1 Å². The molecule has 0 aliphatic rings. The van der Waals surface area contributed by atoms with Crippen LogP contribution >= 0.6 is 0 Å². The van der Waals surface area contributed by atoms with E-state index >= 15 is 0 Å². The Morgan fingerprint density at radius 1 is 1.25 bits per heavy atom. The number of aromatic carboxylic acids is 1. The topological polar surface area (TPSA) is 37.3 Å². The SMILES string of the molecule is O=C(O)c1ccc2c[se]cc2c1. The molecule has 0 atom stereocenters. The molecule has 2 rings (SSSR count). The minimum atomic E-state index is -0.856. The molecule has 0 aliphatic carbocycles. The maximum absolute atomic E-state index is 10.6. The van der Waals surface area contributed by atoms with Crippen molar-refractivity contribution in [3.05, 3.63) is 33.6 Å². The molecular formula is C9H6O2Se. The first kappa shape index (κ1) is 7.59. The molecule has 2 aromatic rings. The van der Waals surface area contributed by atoms with E-state index in [4.69, 9.17) is 5.11 Å². The van der Waals surface area contributed by atoms with E-state index in [9.17, 15) is 4.79 Å². The van der Waals surface area contributed by atoms with E-state index in [0.29, 0.717) is 20.1 Å². The number of carboxylic acid groups (broad SMARTS) is 1. The summed E-state index contributed by atoms with van der Waals surface area (Å²) in [5.41, 5.74) is 0.371. The Labute approximate surface area is 75.2 Å². The van der Waals surface area contributed by atoms with Gasteiger partial charge in [0.2, 0.25) is 0 Å². The van der Waals surface area contributed by atoms with Crippen LogP contribution in [0.3, 0.4) is 0 Å². The fourth-order valence-electron chi connectivity index (χ4n) is 1.10. The molecule has 0 fully saturated rings. The van der Waals surface area contributed by atoms with E-state index in [1.807, 2.05) is 6.07 Å². The summed E-state index contributed by atoms with van der Waals surface area (Å²) in [6.07, 6.45) is 0. The molecule has 0 aliphatic heterocycles. The van der Waals surface area contributed by atoms with Gasteiger partial charge in [0.1, 0.15) is 0 Å². The third-order valence-electron chi connectivity index (χ3n) is 1.72. The standard InChI is InChI=1S/C9H6O2Se/c10-9(11)6-1-2-7-4-12-5-8(7)3-6/h1-5H,(H,10,11). The fraction of sp³-hybridized carbons (Fsp3) is 0. The molecule has 0 amide bonds. The molecule has 60 valence electrons. The van der Waals surface area contributed by atoms with Crippen LogP contribution in [-0.4, -0.2) is 25.6 Å². The number of rotatable bonds is 1. The Morgan fingerprint density at radius 2 is 2.00 bits per heavy atom. The van der Waals surface area contributed by atoms with Crippen LogP contribution in [0, 0.1) is 0 Å². The minimum absolute atomic E-state index is 0.371. The number of fused-ring (bicyclic) bond motifs is 1. The molecule has 0 spiro atoms. The van der Waals surface area contributed by atoms with Gasteiger partial charge in [-0.15, -0.1) is 0 Å². The quantitative estimate of drug-likeness (QED) is 0.748. The van der Waals surface area contributed by atoms with Gasteiger partial charge in [0, 0.05) is 0 Å². The van der Waals surface area contributed by atoms with Crippen molar-refractivity contribution in [3.8, 4) is 0 Å². The van der Waals surface area contributed by atoms with Gasteiger partial charge < -0.3 is 0 Å². The van der Waals surface area contributed by atoms with Gasteiger partial charge in [0.25, 0.3) is 0 Å². The van der Waals surface area contributed by atoms with Gasteiger partial charge in [-0.2, -0.15) is 0 Å². The summed E-state index contributed by atoms with van der Waals surface area (Å²) in [6, 6.07) is 5.24. The fourth-order valence-corrected chi connectivity index (χ4v) is 2.73. The Bertz CT molecular complexity index is 431. The van der Waals surface area contributed by atoms with E-state index in [-0.39, 0.29) is 0 Å². The van der Waals surface area contributed by atoms with Crippen molar-refractivity contribution in [2.75, 3.05) is 0 Å². The van der Waals surface area contributed by atoms with E-state index in [2.05, 4.69) is 9.88 Å². The second-order valence-electron chi connectivity index (χ2n) is 2.52. The number of hydrogen-bond acceptors (Lipinski definition) is 1. The summed E-state index contributed by atoms with van der Waals surface area (Å²) >= 11 is 0.416. The summed E-state index contributed by atoms with van der Waals surface area (Å²) in [6.45, 7) is 0. The molecule has 3 heteroatoms. The van der Waals surface area contributed by atoms with Gasteiger partial charge in [0.15, 0.2) is 0 Å². The molecule has 1 heterocycles. The molecule has 0 radical (unpaired) electrons. The van der Waals surface area contributed by atoms with Gasteiger partial charge in [-0.25, -0.2) is 0 Å². The van der Waals surface area contributed by atoms with Crippen molar-refractivity contribution < 1.29 is 9.90 Å². The molecular weight excluding hydrogens is 219 g/mol. The van der Waals surface area contributed by atoms with Gasteiger partial charge in [-0.3, -0.25) is 0 Å². The van der Waals surface area contributed by atoms with Gasteiger partial charge in [0.05, 0.1) is 0 Å². The second kappa shape index (κ2) is 2.77. The molecule has 12 heavy (non-hydrogen) atoms. The average molecular weight is 225 g/mol. The third-order valence-corrected chi connectivity index (χ3v) is 3.36. The number of hydrogen-bond donors (Lipinski definition) is 1.